The van der Waals surface area contributed by atoms with Crippen molar-refractivity contribution >= 4 is 23.2 Å². The minimum Gasteiger partial charge on any atom is -0.493 e. The van der Waals surface area contributed by atoms with Crippen molar-refractivity contribution in [2.75, 3.05) is 7.11 Å². The molecule has 5 nitrogen and oxygen atoms in total. The van der Waals surface area contributed by atoms with E-state index in [-0.39, 0.29) is 22.4 Å². The zero-order valence-electron chi connectivity index (χ0n) is 26.2. The Labute approximate surface area is 261 Å². The molecule has 0 bridgehead atoms. The largest absolute Gasteiger partial charge is 0.493 e. The van der Waals surface area contributed by atoms with E-state index < -0.39 is 5.92 Å². The average Bonchev–Trinajstić information content (AvgIpc) is 2.95. The van der Waals surface area contributed by atoms with E-state index in [0.717, 1.165) is 59.4 Å². The summed E-state index contributed by atoms with van der Waals surface area (Å²) in [6, 6.07) is 13.9. The number of allylic oxidation sites excluding steroid dienone is 4. The predicted octanol–water partition coefficient (Wildman–Crippen LogP) is 8.95. The highest BCUT2D eigenvalue weighted by atomic mass is 35.5. The second-order valence-electron chi connectivity index (χ2n) is 14.5. The Balaban J connectivity index is 1.48. The molecule has 0 atom stereocenters. The molecule has 0 spiro atoms. The highest BCUT2D eigenvalue weighted by molar-refractivity contribution is 6.31. The summed E-state index contributed by atoms with van der Waals surface area (Å²) in [5.74, 6) is 1.11. The number of ketones is 2. The van der Waals surface area contributed by atoms with Crippen LogP contribution >= 0.6 is 11.6 Å². The molecule has 0 unspecified atom stereocenters. The lowest BCUT2D eigenvalue weighted by Crippen LogP contribution is -2.48. The van der Waals surface area contributed by atoms with Crippen LogP contribution in [-0.2, 0) is 16.2 Å². The van der Waals surface area contributed by atoms with Crippen LogP contribution in [0.5, 0.6) is 11.5 Å². The molecule has 0 radical (unpaired) electrons. The maximum atomic E-state index is 14.2. The van der Waals surface area contributed by atoms with Crippen molar-refractivity contribution in [1.29, 1.82) is 0 Å². The minimum atomic E-state index is -0.399. The first kappa shape index (κ1) is 30.0. The molecule has 0 saturated heterocycles. The molecule has 3 aliphatic carbocycles. The fourth-order valence-electron chi connectivity index (χ4n) is 7.86. The van der Waals surface area contributed by atoms with Gasteiger partial charge in [-0.05, 0) is 60.3 Å². The van der Waals surface area contributed by atoms with E-state index in [2.05, 4.69) is 32.6 Å². The average molecular weight is 602 g/mol. The molecule has 6 rings (SSSR count). The fourth-order valence-corrected chi connectivity index (χ4v) is 8.05. The van der Waals surface area contributed by atoms with E-state index in [1.54, 1.807) is 7.11 Å². The number of halogens is 1. The highest BCUT2D eigenvalue weighted by Crippen LogP contribution is 2.56. The molecule has 1 saturated carbocycles. The third-order valence-corrected chi connectivity index (χ3v) is 10.1. The molecule has 2 aromatic carbocycles. The van der Waals surface area contributed by atoms with Gasteiger partial charge in [-0.3, -0.25) is 9.59 Å². The summed E-state index contributed by atoms with van der Waals surface area (Å²) in [4.78, 5) is 30.9. The van der Waals surface area contributed by atoms with Crippen LogP contribution in [-0.4, -0.2) is 29.6 Å². The topological polar surface area (TPSA) is 55.8 Å². The first-order chi connectivity index (χ1) is 20.5. The van der Waals surface area contributed by atoms with Crippen LogP contribution in [0.15, 0.2) is 65.0 Å². The number of ether oxygens (including phenoxy) is 2. The first-order valence-corrected chi connectivity index (χ1v) is 16.2. The molecule has 1 aliphatic heterocycles. The van der Waals surface area contributed by atoms with Gasteiger partial charge < -0.3 is 14.4 Å². The number of rotatable bonds is 6. The van der Waals surface area contributed by atoms with Gasteiger partial charge in [0.15, 0.2) is 23.1 Å². The van der Waals surface area contributed by atoms with Crippen molar-refractivity contribution in [3.05, 3.63) is 81.2 Å². The second-order valence-corrected chi connectivity index (χ2v) is 14.9. The number of benzene rings is 2. The monoisotopic (exact) mass is 601 g/mol. The van der Waals surface area contributed by atoms with Gasteiger partial charge in [-0.2, -0.15) is 0 Å². The maximum absolute atomic E-state index is 14.2. The van der Waals surface area contributed by atoms with Gasteiger partial charge in [0.05, 0.1) is 7.11 Å². The summed E-state index contributed by atoms with van der Waals surface area (Å²) in [7, 11) is 1.63. The van der Waals surface area contributed by atoms with Crippen molar-refractivity contribution in [3.8, 4) is 11.5 Å². The number of methoxy groups -OCH3 is 1. The molecule has 4 aliphatic rings. The van der Waals surface area contributed by atoms with Crippen LogP contribution in [0.3, 0.4) is 0 Å². The number of Topliss-reactive ketones (excluding diaryl/α,β-unsaturated/α-hetero) is 2. The summed E-state index contributed by atoms with van der Waals surface area (Å²) in [6.45, 7) is 9.13. The third kappa shape index (κ3) is 5.78. The lowest BCUT2D eigenvalue weighted by atomic mass is 9.63. The van der Waals surface area contributed by atoms with Crippen LogP contribution in [0, 0.1) is 10.8 Å². The summed E-state index contributed by atoms with van der Waals surface area (Å²) in [6.07, 6.45) is 8.49. The molecule has 0 N–H and O–H groups in total. The second kappa shape index (κ2) is 11.5. The maximum Gasteiger partial charge on any atom is 0.162 e. The molecule has 0 amide bonds. The predicted molar refractivity (Wildman–Crippen MR) is 170 cm³/mol. The van der Waals surface area contributed by atoms with Gasteiger partial charge in [0.2, 0.25) is 0 Å². The third-order valence-electron chi connectivity index (χ3n) is 9.75. The molecule has 6 heteroatoms. The Morgan fingerprint density at radius 2 is 1.42 bits per heavy atom. The Morgan fingerprint density at radius 3 is 2.00 bits per heavy atom. The van der Waals surface area contributed by atoms with Crippen molar-refractivity contribution in [2.45, 2.75) is 104 Å². The van der Waals surface area contributed by atoms with Gasteiger partial charge in [0, 0.05) is 57.9 Å². The molecular weight excluding hydrogens is 558 g/mol. The van der Waals surface area contributed by atoms with Gasteiger partial charge in [-0.15, -0.1) is 0 Å². The highest BCUT2D eigenvalue weighted by Gasteiger charge is 2.50. The summed E-state index contributed by atoms with van der Waals surface area (Å²) in [5, 5.41) is 0.652. The van der Waals surface area contributed by atoms with Crippen LogP contribution < -0.4 is 9.47 Å². The molecule has 1 heterocycles. The lowest BCUT2D eigenvalue weighted by Gasteiger charge is -2.52. The summed E-state index contributed by atoms with van der Waals surface area (Å²) >= 11 is 6.37. The van der Waals surface area contributed by atoms with Gasteiger partial charge in [0.25, 0.3) is 0 Å². The number of carbonyl (C=O) groups is 2. The Bertz CT molecular complexity index is 1460. The molecule has 228 valence electrons. The lowest BCUT2D eigenvalue weighted by molar-refractivity contribution is -0.119. The van der Waals surface area contributed by atoms with Crippen molar-refractivity contribution < 1.29 is 19.1 Å². The van der Waals surface area contributed by atoms with Crippen molar-refractivity contribution in [2.24, 2.45) is 10.8 Å². The number of hydrogen-bond donors (Lipinski definition) is 0. The number of hydrogen-bond acceptors (Lipinski definition) is 5. The molecule has 1 fully saturated rings. The minimum absolute atomic E-state index is 0.131. The zero-order chi connectivity index (χ0) is 30.5. The molecule has 43 heavy (non-hydrogen) atoms. The van der Waals surface area contributed by atoms with E-state index in [0.29, 0.717) is 42.0 Å². The Hall–Kier alpha value is -3.05. The zero-order valence-corrected chi connectivity index (χ0v) is 27.0. The van der Waals surface area contributed by atoms with Gasteiger partial charge in [0.1, 0.15) is 6.61 Å². The molecular formula is C37H44ClNO4. The van der Waals surface area contributed by atoms with Crippen LogP contribution in [0.4, 0.5) is 0 Å². The van der Waals surface area contributed by atoms with Gasteiger partial charge >= 0.3 is 0 Å². The van der Waals surface area contributed by atoms with Crippen LogP contribution in [0.1, 0.15) is 103 Å². The Morgan fingerprint density at radius 1 is 0.814 bits per heavy atom. The van der Waals surface area contributed by atoms with E-state index >= 15 is 0 Å². The van der Waals surface area contributed by atoms with Gasteiger partial charge in [-0.1, -0.05) is 82.8 Å². The van der Waals surface area contributed by atoms with E-state index in [4.69, 9.17) is 21.1 Å². The van der Waals surface area contributed by atoms with E-state index in [9.17, 15) is 9.59 Å². The quantitative estimate of drug-likeness (QED) is 0.331. The van der Waals surface area contributed by atoms with Gasteiger partial charge in [-0.25, -0.2) is 0 Å². The normalized spacial score (nSPS) is 22.4. The first-order valence-electron chi connectivity index (χ1n) is 15.8. The van der Waals surface area contributed by atoms with Crippen LogP contribution in [0.25, 0.3) is 0 Å². The smallest absolute Gasteiger partial charge is 0.162 e. The fraction of sp³-hybridized carbons (Fsp3) is 0.514. The van der Waals surface area contributed by atoms with E-state index in [1.807, 2.05) is 42.5 Å². The van der Waals surface area contributed by atoms with Crippen molar-refractivity contribution in [1.82, 2.24) is 4.90 Å². The SMILES string of the molecule is COc1cc(C2C3=C(CC(C)(C)CC3=O)N(C3CCCCC3)C3=C2C(=O)CC(C)(C)C3)ccc1OCc1ccccc1Cl. The summed E-state index contributed by atoms with van der Waals surface area (Å²) in [5.41, 5.74) is 5.49. The van der Waals surface area contributed by atoms with E-state index in [1.165, 1.54) is 19.3 Å². The molecule has 0 aromatic heterocycles. The van der Waals surface area contributed by atoms with Crippen LogP contribution in [0.2, 0.25) is 5.02 Å². The number of nitrogens with zero attached hydrogens (tertiary/aromatic N) is 1. The number of carbonyl (C=O) groups excluding carboxylic acids is 2. The standard InChI is InChI=1S/C37H44ClNO4/c1-36(2)18-27-34(29(40)20-36)33(23-15-16-31(32(17-23)42-5)43-22-24-11-9-10-14-26(24)38)35-28(19-37(3,4)21-30(35)41)39(27)25-12-7-6-8-13-25/h9-11,14-17,25,33H,6-8,12-13,18-22H2,1-5H3. The Kier molecular flexibility index (Phi) is 8.00. The summed E-state index contributed by atoms with van der Waals surface area (Å²) < 4.78 is 12.0. The van der Waals surface area contributed by atoms with Crippen molar-refractivity contribution in [3.63, 3.8) is 0 Å². The molecule has 2 aromatic rings.